The average molecular weight is 291 g/mol. The van der Waals surface area contributed by atoms with Crippen molar-refractivity contribution < 1.29 is 4.79 Å². The largest absolute Gasteiger partial charge is 0.309 e. The molecule has 2 N–H and O–H groups in total. The smallest absolute Gasteiger partial charge is 0.225 e. The van der Waals surface area contributed by atoms with Crippen molar-refractivity contribution in [1.82, 2.24) is 10.2 Å². The lowest BCUT2D eigenvalue weighted by Gasteiger charge is -2.13. The van der Waals surface area contributed by atoms with Crippen molar-refractivity contribution >= 4 is 23.1 Å². The molecule has 0 aliphatic heterocycles. The number of hydrogen-bond donors (Lipinski definition) is 2. The molecule has 2 aromatic heterocycles. The number of carbonyl (C=O) groups is 1. The van der Waals surface area contributed by atoms with Gasteiger partial charge in [0.05, 0.1) is 10.6 Å². The zero-order chi connectivity index (χ0) is 14.7. The quantitative estimate of drug-likeness (QED) is 0.872. The summed E-state index contributed by atoms with van der Waals surface area (Å²) in [7, 11) is 0. The summed E-state index contributed by atoms with van der Waals surface area (Å²) in [6, 6.07) is 6.01. The Morgan fingerprint density at radius 1 is 1.40 bits per heavy atom. The van der Waals surface area contributed by atoms with Gasteiger partial charge in [-0.05, 0) is 30.9 Å². The molecule has 20 heavy (non-hydrogen) atoms. The van der Waals surface area contributed by atoms with Crippen LogP contribution in [0.4, 0.5) is 5.82 Å². The average Bonchev–Trinajstić information content (AvgIpc) is 2.97. The fourth-order valence-corrected chi connectivity index (χ4v) is 2.65. The van der Waals surface area contributed by atoms with Crippen LogP contribution in [0.3, 0.4) is 0 Å². The Morgan fingerprint density at radius 2 is 2.15 bits per heavy atom. The summed E-state index contributed by atoms with van der Waals surface area (Å²) in [5.41, 5.74) is 0.940. The lowest BCUT2D eigenvalue weighted by molar-refractivity contribution is -0.117. The van der Waals surface area contributed by atoms with E-state index in [0.29, 0.717) is 24.1 Å². The molecule has 1 atom stereocenters. The number of aryl methyl sites for hydroxylation is 1. The van der Waals surface area contributed by atoms with E-state index in [-0.39, 0.29) is 5.91 Å². The van der Waals surface area contributed by atoms with Gasteiger partial charge in [0.1, 0.15) is 0 Å². The third-order valence-corrected chi connectivity index (χ3v) is 4.53. The van der Waals surface area contributed by atoms with Crippen LogP contribution in [0.2, 0.25) is 0 Å². The van der Waals surface area contributed by atoms with E-state index in [1.807, 2.05) is 6.07 Å². The maximum Gasteiger partial charge on any atom is 0.225 e. The summed E-state index contributed by atoms with van der Waals surface area (Å²) in [6.45, 7) is 8.42. The number of rotatable bonds is 5. The van der Waals surface area contributed by atoms with Gasteiger partial charge >= 0.3 is 0 Å². The molecule has 2 rings (SSSR count). The number of hydrogen-bond acceptors (Lipinski definition) is 3. The molecule has 0 aliphatic carbocycles. The number of nitrogens with one attached hydrogen (secondary N) is 2. The van der Waals surface area contributed by atoms with E-state index < -0.39 is 0 Å². The molecule has 0 saturated heterocycles. The predicted molar refractivity (Wildman–Crippen MR) is 83.9 cm³/mol. The van der Waals surface area contributed by atoms with Gasteiger partial charge in [0, 0.05) is 17.4 Å². The zero-order valence-electron chi connectivity index (χ0n) is 12.4. The van der Waals surface area contributed by atoms with E-state index in [2.05, 4.69) is 55.3 Å². The zero-order valence-corrected chi connectivity index (χ0v) is 13.2. The van der Waals surface area contributed by atoms with Crippen LogP contribution in [-0.2, 0) is 4.79 Å². The van der Waals surface area contributed by atoms with E-state index in [0.717, 1.165) is 10.6 Å². The number of nitrogens with zero attached hydrogens (tertiary/aromatic N) is 1. The highest BCUT2D eigenvalue weighted by Crippen LogP contribution is 2.27. The molecule has 0 fully saturated rings. The number of aromatic amines is 1. The van der Waals surface area contributed by atoms with Crippen molar-refractivity contribution in [2.24, 2.45) is 11.8 Å². The normalized spacial score (nSPS) is 12.7. The number of amides is 1. The van der Waals surface area contributed by atoms with Crippen molar-refractivity contribution in [1.29, 1.82) is 0 Å². The van der Waals surface area contributed by atoms with Crippen LogP contribution in [0.25, 0.3) is 10.6 Å². The van der Waals surface area contributed by atoms with Gasteiger partial charge in [0.2, 0.25) is 5.91 Å². The second-order valence-electron chi connectivity index (χ2n) is 5.55. The number of aromatic nitrogens is 2. The van der Waals surface area contributed by atoms with Crippen LogP contribution in [0, 0.1) is 18.8 Å². The van der Waals surface area contributed by atoms with E-state index >= 15 is 0 Å². The standard InChI is InChI=1S/C15H21N3OS/c1-9(2)10(3)7-15(19)16-14-8-12(17-18-14)13-6-5-11(4)20-13/h5-6,8-10H,7H2,1-4H3,(H2,16,17,18,19). The second-order valence-corrected chi connectivity index (χ2v) is 6.84. The lowest BCUT2D eigenvalue weighted by atomic mass is 9.94. The van der Waals surface area contributed by atoms with Crippen molar-refractivity contribution in [3.05, 3.63) is 23.1 Å². The van der Waals surface area contributed by atoms with Crippen molar-refractivity contribution in [2.45, 2.75) is 34.1 Å². The van der Waals surface area contributed by atoms with Gasteiger partial charge in [-0.1, -0.05) is 20.8 Å². The van der Waals surface area contributed by atoms with Crippen molar-refractivity contribution in [3.63, 3.8) is 0 Å². The maximum atomic E-state index is 11.9. The van der Waals surface area contributed by atoms with E-state index in [1.165, 1.54) is 4.88 Å². The number of anilines is 1. The molecule has 5 heteroatoms. The fourth-order valence-electron chi connectivity index (χ4n) is 1.81. The Bertz CT molecular complexity index is 585. The summed E-state index contributed by atoms with van der Waals surface area (Å²) in [5.74, 6) is 1.48. The molecular weight excluding hydrogens is 270 g/mol. The Hall–Kier alpha value is -1.62. The van der Waals surface area contributed by atoms with Gasteiger partial charge in [-0.3, -0.25) is 9.89 Å². The van der Waals surface area contributed by atoms with Crippen LogP contribution in [0.5, 0.6) is 0 Å². The highest BCUT2D eigenvalue weighted by atomic mass is 32.1. The molecule has 1 amide bonds. The molecule has 2 aromatic rings. The third kappa shape index (κ3) is 3.70. The Labute approximate surface area is 123 Å². The lowest BCUT2D eigenvalue weighted by Crippen LogP contribution is -2.18. The molecule has 0 spiro atoms. The summed E-state index contributed by atoms with van der Waals surface area (Å²) in [6.07, 6.45) is 0.526. The first-order chi connectivity index (χ1) is 9.45. The van der Waals surface area contributed by atoms with E-state index in [1.54, 1.807) is 11.3 Å². The van der Waals surface area contributed by atoms with Gasteiger partial charge < -0.3 is 5.32 Å². The van der Waals surface area contributed by atoms with Crippen molar-refractivity contribution in [2.75, 3.05) is 5.32 Å². The van der Waals surface area contributed by atoms with Gasteiger partial charge in [-0.15, -0.1) is 11.3 Å². The first-order valence-corrected chi connectivity index (χ1v) is 7.69. The van der Waals surface area contributed by atoms with Crippen LogP contribution < -0.4 is 5.32 Å². The predicted octanol–water partition coefficient (Wildman–Crippen LogP) is 4.07. The molecule has 108 valence electrons. The molecule has 0 radical (unpaired) electrons. The SMILES string of the molecule is Cc1ccc(-c2cc(NC(=O)CC(C)C(C)C)n[nH]2)s1. The monoisotopic (exact) mass is 291 g/mol. The highest BCUT2D eigenvalue weighted by molar-refractivity contribution is 7.15. The maximum absolute atomic E-state index is 11.9. The van der Waals surface area contributed by atoms with E-state index in [9.17, 15) is 4.79 Å². The summed E-state index contributed by atoms with van der Waals surface area (Å²) >= 11 is 1.70. The van der Waals surface area contributed by atoms with Crippen LogP contribution >= 0.6 is 11.3 Å². The molecular formula is C15H21N3OS. The highest BCUT2D eigenvalue weighted by Gasteiger charge is 2.14. The van der Waals surface area contributed by atoms with Crippen molar-refractivity contribution in [3.8, 4) is 10.6 Å². The fraction of sp³-hybridized carbons (Fsp3) is 0.467. The van der Waals surface area contributed by atoms with Crippen LogP contribution in [-0.4, -0.2) is 16.1 Å². The van der Waals surface area contributed by atoms with Gasteiger partial charge in [0.15, 0.2) is 5.82 Å². The topological polar surface area (TPSA) is 57.8 Å². The molecule has 1 unspecified atom stereocenters. The first-order valence-electron chi connectivity index (χ1n) is 6.87. The molecule has 0 saturated carbocycles. The molecule has 0 aliphatic rings. The van der Waals surface area contributed by atoms with Crippen LogP contribution in [0.1, 0.15) is 32.1 Å². The minimum absolute atomic E-state index is 0.0200. The number of thiophene rings is 1. The Balaban J connectivity index is 1.98. The number of H-pyrrole nitrogens is 1. The molecule has 0 aromatic carbocycles. The minimum atomic E-state index is 0.0200. The van der Waals surface area contributed by atoms with Crippen LogP contribution in [0.15, 0.2) is 18.2 Å². The van der Waals surface area contributed by atoms with Gasteiger partial charge in [0.25, 0.3) is 0 Å². The first kappa shape index (κ1) is 14.8. The summed E-state index contributed by atoms with van der Waals surface area (Å²) in [4.78, 5) is 14.3. The second kappa shape index (κ2) is 6.22. The summed E-state index contributed by atoms with van der Waals surface area (Å²) in [5, 5.41) is 9.95. The van der Waals surface area contributed by atoms with Gasteiger partial charge in [-0.25, -0.2) is 0 Å². The molecule has 4 nitrogen and oxygen atoms in total. The summed E-state index contributed by atoms with van der Waals surface area (Å²) < 4.78 is 0. The molecule has 0 bridgehead atoms. The Kier molecular flexibility index (Phi) is 4.60. The Morgan fingerprint density at radius 3 is 2.75 bits per heavy atom. The third-order valence-electron chi connectivity index (χ3n) is 3.50. The van der Waals surface area contributed by atoms with E-state index in [4.69, 9.17) is 0 Å². The number of carbonyl (C=O) groups excluding carboxylic acids is 1. The minimum Gasteiger partial charge on any atom is -0.309 e. The van der Waals surface area contributed by atoms with Gasteiger partial charge in [-0.2, -0.15) is 5.10 Å². The molecule has 2 heterocycles.